The first-order valence-corrected chi connectivity index (χ1v) is 8.86. The van der Waals surface area contributed by atoms with E-state index >= 15 is 0 Å². The van der Waals surface area contributed by atoms with Crippen LogP contribution in [0.15, 0.2) is 53.2 Å². The molecule has 0 atom stereocenters. The van der Waals surface area contributed by atoms with Gasteiger partial charge < -0.3 is 9.42 Å². The third-order valence-corrected chi connectivity index (χ3v) is 4.93. The number of rotatable bonds is 2. The summed E-state index contributed by atoms with van der Waals surface area (Å²) in [4.78, 5) is 5.95. The van der Waals surface area contributed by atoms with Gasteiger partial charge in [0, 0.05) is 11.6 Å². The molecule has 2 aliphatic heterocycles. The van der Waals surface area contributed by atoms with Crippen molar-refractivity contribution in [3.05, 3.63) is 60.3 Å². The Hall–Kier alpha value is -4.15. The van der Waals surface area contributed by atoms with Gasteiger partial charge in [0.15, 0.2) is 5.82 Å². The molecule has 0 spiro atoms. The van der Waals surface area contributed by atoms with Gasteiger partial charge in [-0.2, -0.15) is 10.1 Å². The van der Waals surface area contributed by atoms with Gasteiger partial charge in [-0.15, -0.1) is 10.2 Å². The van der Waals surface area contributed by atoms with E-state index in [1.165, 1.54) is 12.3 Å². The predicted molar refractivity (Wildman–Crippen MR) is 98.7 cm³/mol. The molecule has 8 nitrogen and oxygen atoms in total. The Morgan fingerprint density at radius 3 is 2.67 bits per heavy atom. The summed E-state index contributed by atoms with van der Waals surface area (Å²) in [5.74, 6) is -0.519. The molecule has 4 aromatic rings. The van der Waals surface area contributed by atoms with Crippen LogP contribution in [0.5, 0.6) is 0 Å². The topological polar surface area (TPSA) is 76.1 Å². The number of anilines is 1. The zero-order chi connectivity index (χ0) is 20.4. The maximum absolute atomic E-state index is 14.1. The van der Waals surface area contributed by atoms with E-state index in [0.29, 0.717) is 16.8 Å². The van der Waals surface area contributed by atoms with Gasteiger partial charge in [-0.05, 0) is 24.3 Å². The van der Waals surface area contributed by atoms with Crippen LogP contribution in [0.4, 0.5) is 18.9 Å². The Labute approximate surface area is 166 Å². The van der Waals surface area contributed by atoms with Crippen molar-refractivity contribution < 1.29 is 17.8 Å². The highest BCUT2D eigenvalue weighted by atomic mass is 19.2. The Morgan fingerprint density at radius 2 is 1.80 bits per heavy atom. The number of para-hydroxylation sites is 1. The molecule has 0 bridgehead atoms. The third kappa shape index (κ3) is 2.28. The fourth-order valence-electron chi connectivity index (χ4n) is 3.63. The van der Waals surface area contributed by atoms with Crippen LogP contribution in [0.25, 0.3) is 40.3 Å². The predicted octanol–water partition coefficient (Wildman–Crippen LogP) is 3.67. The molecular formula is C19H10F3N7O. The molecule has 0 aliphatic carbocycles. The maximum atomic E-state index is 14.1. The molecule has 4 heterocycles. The smallest absolute Gasteiger partial charge is 0.296 e. The molecule has 6 rings (SSSR count). The molecule has 30 heavy (non-hydrogen) atoms. The van der Waals surface area contributed by atoms with E-state index in [4.69, 9.17) is 4.52 Å². The fourth-order valence-corrected chi connectivity index (χ4v) is 3.63. The monoisotopic (exact) mass is 409 g/mol. The quantitative estimate of drug-likeness (QED) is 0.468. The lowest BCUT2D eigenvalue weighted by Gasteiger charge is -2.29. The van der Waals surface area contributed by atoms with Gasteiger partial charge in [0.05, 0.1) is 17.5 Å². The molecule has 2 aliphatic rings. The molecule has 0 saturated heterocycles. The van der Waals surface area contributed by atoms with Gasteiger partial charge in [-0.1, -0.05) is 21.8 Å². The summed E-state index contributed by atoms with van der Waals surface area (Å²) in [5.41, 5.74) is 1.52. The van der Waals surface area contributed by atoms with Crippen molar-refractivity contribution in [1.82, 2.24) is 30.0 Å². The van der Waals surface area contributed by atoms with Crippen LogP contribution in [0.3, 0.4) is 0 Å². The first-order valence-electron chi connectivity index (χ1n) is 8.86. The summed E-state index contributed by atoms with van der Waals surface area (Å²) < 4.78 is 48.2. The number of fused-ring (bicyclic) bond motifs is 6. The Bertz CT molecular complexity index is 1350. The molecule has 0 amide bonds. The molecule has 148 valence electrons. The average Bonchev–Trinajstić information content (AvgIpc) is 3.45. The van der Waals surface area contributed by atoms with Crippen molar-refractivity contribution in [1.29, 1.82) is 0 Å². The highest BCUT2D eigenvalue weighted by Gasteiger charge is 2.36. The molecule has 0 fully saturated rings. The van der Waals surface area contributed by atoms with Gasteiger partial charge >= 0.3 is 0 Å². The van der Waals surface area contributed by atoms with Crippen LogP contribution in [0.1, 0.15) is 0 Å². The molecule has 2 aromatic heterocycles. The SMILES string of the molecule is Fc1ccc(-c2noc(-c3nnc4n3C3=CN(F)CN3c3ccccc3-4)n2)c(F)c1. The first kappa shape index (κ1) is 16.8. The number of hydrogen-bond donors (Lipinski definition) is 0. The highest BCUT2D eigenvalue weighted by Crippen LogP contribution is 2.43. The zero-order valence-corrected chi connectivity index (χ0v) is 15.0. The molecule has 0 N–H and O–H groups in total. The van der Waals surface area contributed by atoms with Crippen LogP contribution in [-0.2, 0) is 0 Å². The lowest BCUT2D eigenvalue weighted by molar-refractivity contribution is 0.104. The van der Waals surface area contributed by atoms with Gasteiger partial charge in [-0.25, -0.2) is 8.78 Å². The van der Waals surface area contributed by atoms with Crippen molar-refractivity contribution in [2.45, 2.75) is 0 Å². The normalized spacial score (nSPS) is 14.4. The van der Waals surface area contributed by atoms with Crippen molar-refractivity contribution in [2.24, 2.45) is 0 Å². The van der Waals surface area contributed by atoms with Crippen molar-refractivity contribution in [2.75, 3.05) is 11.6 Å². The van der Waals surface area contributed by atoms with E-state index in [1.807, 2.05) is 24.3 Å². The van der Waals surface area contributed by atoms with Crippen LogP contribution in [0.2, 0.25) is 0 Å². The van der Waals surface area contributed by atoms with Crippen molar-refractivity contribution >= 4 is 11.5 Å². The van der Waals surface area contributed by atoms with E-state index in [-0.39, 0.29) is 29.8 Å². The summed E-state index contributed by atoms with van der Waals surface area (Å²) in [6.07, 6.45) is 1.31. The Kier molecular flexibility index (Phi) is 3.31. The maximum Gasteiger partial charge on any atom is 0.296 e. The minimum Gasteiger partial charge on any atom is -0.330 e. The summed E-state index contributed by atoms with van der Waals surface area (Å²) in [6.45, 7) is -0.000714. The van der Waals surface area contributed by atoms with Crippen LogP contribution in [0, 0.1) is 11.6 Å². The third-order valence-electron chi connectivity index (χ3n) is 4.93. The summed E-state index contributed by atoms with van der Waals surface area (Å²) in [7, 11) is 0. The second kappa shape index (κ2) is 5.92. The van der Waals surface area contributed by atoms with Gasteiger partial charge in [0.25, 0.3) is 5.89 Å². The van der Waals surface area contributed by atoms with E-state index in [2.05, 4.69) is 20.3 Å². The second-order valence-electron chi connectivity index (χ2n) is 6.70. The number of benzene rings is 2. The molecular weight excluding hydrogens is 399 g/mol. The molecule has 0 unspecified atom stereocenters. The molecule has 0 radical (unpaired) electrons. The minimum atomic E-state index is -0.822. The molecule has 2 aromatic carbocycles. The van der Waals surface area contributed by atoms with Crippen molar-refractivity contribution in [3.63, 3.8) is 0 Å². The highest BCUT2D eigenvalue weighted by molar-refractivity contribution is 5.89. The van der Waals surface area contributed by atoms with Gasteiger partial charge in [0.1, 0.15) is 24.1 Å². The molecule has 11 heteroatoms. The summed E-state index contributed by atoms with van der Waals surface area (Å²) >= 11 is 0. The van der Waals surface area contributed by atoms with Crippen LogP contribution < -0.4 is 4.90 Å². The second-order valence-corrected chi connectivity index (χ2v) is 6.70. The van der Waals surface area contributed by atoms with Crippen LogP contribution >= 0.6 is 0 Å². The van der Waals surface area contributed by atoms with E-state index < -0.39 is 11.6 Å². The van der Waals surface area contributed by atoms with E-state index in [0.717, 1.165) is 23.4 Å². The first-order chi connectivity index (χ1) is 14.6. The summed E-state index contributed by atoms with van der Waals surface area (Å²) in [5, 5.41) is 12.7. The largest absolute Gasteiger partial charge is 0.330 e. The minimum absolute atomic E-state index is 0.000714. The average molecular weight is 409 g/mol. The van der Waals surface area contributed by atoms with Crippen LogP contribution in [-0.4, -0.2) is 36.7 Å². The number of hydrogen-bond acceptors (Lipinski definition) is 7. The Morgan fingerprint density at radius 1 is 0.967 bits per heavy atom. The van der Waals surface area contributed by atoms with Gasteiger partial charge in [0.2, 0.25) is 11.6 Å². The fraction of sp³-hybridized carbons (Fsp3) is 0.0526. The lowest BCUT2D eigenvalue weighted by Crippen LogP contribution is -2.28. The number of aromatic nitrogens is 5. The summed E-state index contributed by atoms with van der Waals surface area (Å²) in [6, 6.07) is 10.5. The van der Waals surface area contributed by atoms with Crippen molar-refractivity contribution in [3.8, 4) is 34.5 Å². The standard InChI is InChI=1S/C19H10F3N7O/c20-10-5-6-11(13(21)7-10)16-23-19(30-26-16)18-25-24-17-12-3-1-2-4-14(12)28-9-27(22)8-15(28)29(17)18/h1-8H,9H2. The Balaban J connectivity index is 1.51. The van der Waals surface area contributed by atoms with Gasteiger partial charge in [-0.3, -0.25) is 4.57 Å². The van der Waals surface area contributed by atoms with E-state index in [9.17, 15) is 13.3 Å². The number of nitrogens with zero attached hydrogens (tertiary/aromatic N) is 7. The zero-order valence-electron chi connectivity index (χ0n) is 15.0. The lowest BCUT2D eigenvalue weighted by atomic mass is 10.1. The molecule has 0 saturated carbocycles. The number of halogens is 3. The van der Waals surface area contributed by atoms with E-state index in [1.54, 1.807) is 9.47 Å².